The number of guanidine groups is 1. The van der Waals surface area contributed by atoms with Crippen molar-refractivity contribution in [1.29, 1.82) is 0 Å². The SMILES string of the molecule is CCNC(=NCCCOCC1CCCO1)N1CCN(c2cccc(OC)c2)CC1.I. The molecule has 0 aromatic heterocycles. The van der Waals surface area contributed by atoms with Crippen molar-refractivity contribution in [2.45, 2.75) is 32.3 Å². The van der Waals surface area contributed by atoms with Crippen LogP contribution in [0.15, 0.2) is 29.3 Å². The van der Waals surface area contributed by atoms with Crippen molar-refractivity contribution in [2.24, 2.45) is 4.99 Å². The van der Waals surface area contributed by atoms with Crippen LogP contribution < -0.4 is 15.0 Å². The lowest BCUT2D eigenvalue weighted by Crippen LogP contribution is -2.52. The highest BCUT2D eigenvalue weighted by Crippen LogP contribution is 2.22. The maximum absolute atomic E-state index is 5.74. The van der Waals surface area contributed by atoms with E-state index in [0.29, 0.717) is 6.10 Å². The fraction of sp³-hybridized carbons (Fsp3) is 0.682. The Labute approximate surface area is 198 Å². The van der Waals surface area contributed by atoms with Crippen molar-refractivity contribution in [3.05, 3.63) is 24.3 Å². The monoisotopic (exact) mass is 532 g/mol. The fourth-order valence-electron chi connectivity index (χ4n) is 3.75. The van der Waals surface area contributed by atoms with Crippen LogP contribution in [0.4, 0.5) is 5.69 Å². The number of aliphatic imine (C=N–C) groups is 1. The van der Waals surface area contributed by atoms with Gasteiger partial charge in [-0.15, -0.1) is 24.0 Å². The van der Waals surface area contributed by atoms with Gasteiger partial charge in [0.1, 0.15) is 5.75 Å². The number of anilines is 1. The Morgan fingerprint density at radius 2 is 2.10 bits per heavy atom. The quantitative estimate of drug-likeness (QED) is 0.229. The average molecular weight is 532 g/mol. The Balaban J connectivity index is 0.00000320. The van der Waals surface area contributed by atoms with E-state index in [1.54, 1.807) is 7.11 Å². The van der Waals surface area contributed by atoms with Crippen molar-refractivity contribution in [2.75, 3.05) is 71.1 Å². The Morgan fingerprint density at radius 1 is 1.27 bits per heavy atom. The van der Waals surface area contributed by atoms with E-state index < -0.39 is 0 Å². The first-order valence-corrected chi connectivity index (χ1v) is 10.9. The lowest BCUT2D eigenvalue weighted by atomic mass is 10.2. The maximum atomic E-state index is 5.74. The van der Waals surface area contributed by atoms with Crippen LogP contribution in [-0.4, -0.2) is 83.2 Å². The molecule has 3 rings (SSSR count). The van der Waals surface area contributed by atoms with Gasteiger partial charge in [0.15, 0.2) is 5.96 Å². The largest absolute Gasteiger partial charge is 0.497 e. The molecular weight excluding hydrogens is 495 g/mol. The molecule has 0 bridgehead atoms. The Bertz CT molecular complexity index is 633. The van der Waals surface area contributed by atoms with Gasteiger partial charge in [-0.25, -0.2) is 0 Å². The zero-order chi connectivity index (χ0) is 20.3. The minimum absolute atomic E-state index is 0. The highest BCUT2D eigenvalue weighted by Gasteiger charge is 2.20. The Morgan fingerprint density at radius 3 is 2.80 bits per heavy atom. The van der Waals surface area contributed by atoms with Gasteiger partial charge in [0.2, 0.25) is 0 Å². The van der Waals surface area contributed by atoms with E-state index in [0.717, 1.165) is 90.1 Å². The van der Waals surface area contributed by atoms with Gasteiger partial charge in [-0.1, -0.05) is 6.07 Å². The van der Waals surface area contributed by atoms with Gasteiger partial charge in [0.05, 0.1) is 19.8 Å². The molecule has 2 aliphatic rings. The number of nitrogens with one attached hydrogen (secondary N) is 1. The van der Waals surface area contributed by atoms with Crippen LogP contribution >= 0.6 is 24.0 Å². The summed E-state index contributed by atoms with van der Waals surface area (Å²) >= 11 is 0. The molecule has 0 amide bonds. The number of ether oxygens (including phenoxy) is 3. The summed E-state index contributed by atoms with van der Waals surface area (Å²) in [5.41, 5.74) is 1.22. The number of nitrogens with zero attached hydrogens (tertiary/aromatic N) is 3. The minimum Gasteiger partial charge on any atom is -0.497 e. The summed E-state index contributed by atoms with van der Waals surface area (Å²) in [6, 6.07) is 8.28. The van der Waals surface area contributed by atoms with E-state index in [-0.39, 0.29) is 24.0 Å². The van der Waals surface area contributed by atoms with E-state index in [4.69, 9.17) is 19.2 Å². The zero-order valence-electron chi connectivity index (χ0n) is 18.3. The molecule has 7 nitrogen and oxygen atoms in total. The van der Waals surface area contributed by atoms with E-state index in [1.165, 1.54) is 5.69 Å². The number of piperazine rings is 1. The molecule has 0 saturated carbocycles. The van der Waals surface area contributed by atoms with Gasteiger partial charge in [0.25, 0.3) is 0 Å². The second kappa shape index (κ2) is 13.9. The summed E-state index contributed by atoms with van der Waals surface area (Å²) in [7, 11) is 1.71. The molecule has 2 saturated heterocycles. The van der Waals surface area contributed by atoms with Crippen LogP contribution in [0.5, 0.6) is 5.75 Å². The van der Waals surface area contributed by atoms with E-state index in [2.05, 4.69) is 34.2 Å². The molecule has 2 heterocycles. The lowest BCUT2D eigenvalue weighted by Gasteiger charge is -2.37. The zero-order valence-corrected chi connectivity index (χ0v) is 20.7. The van der Waals surface area contributed by atoms with Crippen molar-refractivity contribution in [3.8, 4) is 5.75 Å². The van der Waals surface area contributed by atoms with Crippen LogP contribution in [0.2, 0.25) is 0 Å². The molecule has 1 atom stereocenters. The molecule has 1 aromatic rings. The van der Waals surface area contributed by atoms with Gasteiger partial charge in [0, 0.05) is 64.2 Å². The van der Waals surface area contributed by atoms with Crippen molar-refractivity contribution >= 4 is 35.6 Å². The summed E-state index contributed by atoms with van der Waals surface area (Å²) in [4.78, 5) is 9.57. The molecule has 0 radical (unpaired) electrons. The van der Waals surface area contributed by atoms with Gasteiger partial charge in [-0.2, -0.15) is 0 Å². The summed E-state index contributed by atoms with van der Waals surface area (Å²) in [5.74, 6) is 1.92. The second-order valence-corrected chi connectivity index (χ2v) is 7.47. The van der Waals surface area contributed by atoms with Crippen molar-refractivity contribution < 1.29 is 14.2 Å². The second-order valence-electron chi connectivity index (χ2n) is 7.47. The smallest absolute Gasteiger partial charge is 0.194 e. The molecule has 8 heteroatoms. The van der Waals surface area contributed by atoms with Gasteiger partial charge in [-0.3, -0.25) is 4.99 Å². The molecule has 0 spiro atoms. The van der Waals surface area contributed by atoms with Crippen LogP contribution in [-0.2, 0) is 9.47 Å². The molecule has 1 aromatic carbocycles. The maximum Gasteiger partial charge on any atom is 0.194 e. The first-order chi connectivity index (χ1) is 14.3. The van der Waals surface area contributed by atoms with Gasteiger partial charge < -0.3 is 29.3 Å². The first kappa shape index (κ1) is 25.0. The first-order valence-electron chi connectivity index (χ1n) is 10.9. The normalized spacial score (nSPS) is 19.5. The fourth-order valence-corrected chi connectivity index (χ4v) is 3.75. The van der Waals surface area contributed by atoms with Crippen LogP contribution in [0.3, 0.4) is 0 Å². The number of halogens is 1. The van der Waals surface area contributed by atoms with E-state index >= 15 is 0 Å². The van der Waals surface area contributed by atoms with E-state index in [9.17, 15) is 0 Å². The number of rotatable bonds is 9. The molecule has 2 aliphatic heterocycles. The highest BCUT2D eigenvalue weighted by atomic mass is 127. The van der Waals surface area contributed by atoms with Gasteiger partial charge >= 0.3 is 0 Å². The standard InChI is InChI=1S/C22H36N4O3.HI/c1-3-23-22(24-10-6-15-28-18-21-9-5-16-29-21)26-13-11-25(12-14-26)19-7-4-8-20(17-19)27-2;/h4,7-8,17,21H,3,5-6,9-16,18H2,1-2H3,(H,23,24);1H. The molecule has 1 N–H and O–H groups in total. The molecule has 0 aliphatic carbocycles. The number of hydrogen-bond donors (Lipinski definition) is 1. The summed E-state index contributed by atoms with van der Waals surface area (Å²) in [5, 5.41) is 3.44. The third-order valence-electron chi connectivity index (χ3n) is 5.37. The molecular formula is C22H37IN4O3. The minimum atomic E-state index is 0. The lowest BCUT2D eigenvalue weighted by molar-refractivity contribution is 0.0170. The molecule has 30 heavy (non-hydrogen) atoms. The number of hydrogen-bond acceptors (Lipinski definition) is 5. The average Bonchev–Trinajstić information content (AvgIpc) is 3.29. The number of benzene rings is 1. The van der Waals surface area contributed by atoms with E-state index in [1.807, 2.05) is 12.1 Å². The summed E-state index contributed by atoms with van der Waals surface area (Å²) in [6.07, 6.45) is 3.53. The topological polar surface area (TPSA) is 58.6 Å². The van der Waals surface area contributed by atoms with Crippen LogP contribution in [0, 0.1) is 0 Å². The van der Waals surface area contributed by atoms with Crippen molar-refractivity contribution in [3.63, 3.8) is 0 Å². The number of methoxy groups -OCH3 is 1. The predicted molar refractivity (Wildman–Crippen MR) is 133 cm³/mol. The van der Waals surface area contributed by atoms with Gasteiger partial charge in [-0.05, 0) is 38.3 Å². The Hall–Kier alpha value is -1.26. The molecule has 2 fully saturated rings. The molecule has 1 unspecified atom stereocenters. The predicted octanol–water partition coefficient (Wildman–Crippen LogP) is 2.99. The Kier molecular flexibility index (Phi) is 11.6. The summed E-state index contributed by atoms with van der Waals surface area (Å²) in [6.45, 7) is 9.99. The third kappa shape index (κ3) is 7.77. The summed E-state index contributed by atoms with van der Waals surface area (Å²) < 4.78 is 16.7. The van der Waals surface area contributed by atoms with Crippen molar-refractivity contribution in [1.82, 2.24) is 10.2 Å². The highest BCUT2D eigenvalue weighted by molar-refractivity contribution is 14.0. The molecule has 170 valence electrons. The van der Waals surface area contributed by atoms with Crippen LogP contribution in [0.1, 0.15) is 26.2 Å². The van der Waals surface area contributed by atoms with Crippen LogP contribution in [0.25, 0.3) is 0 Å². The third-order valence-corrected chi connectivity index (χ3v) is 5.37.